The summed E-state index contributed by atoms with van der Waals surface area (Å²) in [7, 11) is 0. The van der Waals surface area contributed by atoms with E-state index >= 15 is 0 Å². The molecule has 0 heterocycles. The SMILES string of the molecule is CC(C)(CNC(=O)CCC1CCCC1)C(N)=S. The molecule has 0 spiro atoms. The number of carbonyl (C=O) groups is 1. The highest BCUT2D eigenvalue weighted by Crippen LogP contribution is 2.28. The van der Waals surface area contributed by atoms with Crippen LogP contribution < -0.4 is 11.1 Å². The number of hydrogen-bond donors (Lipinski definition) is 2. The number of amides is 1. The molecule has 3 nitrogen and oxygen atoms in total. The van der Waals surface area contributed by atoms with Crippen LogP contribution in [0.5, 0.6) is 0 Å². The van der Waals surface area contributed by atoms with Crippen molar-refractivity contribution in [3.8, 4) is 0 Å². The quantitative estimate of drug-likeness (QED) is 0.717. The van der Waals surface area contributed by atoms with Gasteiger partial charge in [0.15, 0.2) is 0 Å². The topological polar surface area (TPSA) is 55.1 Å². The Morgan fingerprint density at radius 3 is 2.53 bits per heavy atom. The molecule has 1 fully saturated rings. The highest BCUT2D eigenvalue weighted by molar-refractivity contribution is 7.80. The first-order chi connectivity index (χ1) is 7.92. The second kappa shape index (κ2) is 6.34. The van der Waals surface area contributed by atoms with Gasteiger partial charge >= 0.3 is 0 Å². The van der Waals surface area contributed by atoms with Gasteiger partial charge in [-0.15, -0.1) is 0 Å². The van der Waals surface area contributed by atoms with E-state index in [1.165, 1.54) is 25.7 Å². The number of rotatable bonds is 6. The van der Waals surface area contributed by atoms with Gasteiger partial charge in [-0.05, 0) is 12.3 Å². The van der Waals surface area contributed by atoms with Crippen molar-refractivity contribution in [2.75, 3.05) is 6.54 Å². The summed E-state index contributed by atoms with van der Waals surface area (Å²) in [6.45, 7) is 4.44. The molecule has 0 aliphatic heterocycles. The van der Waals surface area contributed by atoms with Gasteiger partial charge in [0.05, 0.1) is 4.99 Å². The van der Waals surface area contributed by atoms with Gasteiger partial charge in [0.2, 0.25) is 5.91 Å². The zero-order valence-electron chi connectivity index (χ0n) is 10.9. The van der Waals surface area contributed by atoms with E-state index in [1.807, 2.05) is 13.8 Å². The third-order valence-corrected chi connectivity index (χ3v) is 4.20. The Hall–Kier alpha value is -0.640. The average molecular weight is 256 g/mol. The second-order valence-corrected chi connectivity index (χ2v) is 6.15. The van der Waals surface area contributed by atoms with Crippen molar-refractivity contribution in [3.05, 3.63) is 0 Å². The Balaban J connectivity index is 2.18. The molecule has 0 aromatic heterocycles. The number of hydrogen-bond acceptors (Lipinski definition) is 2. The first-order valence-electron chi connectivity index (χ1n) is 6.48. The maximum atomic E-state index is 11.7. The van der Waals surface area contributed by atoms with Crippen molar-refractivity contribution < 1.29 is 4.79 Å². The predicted octanol–water partition coefficient (Wildman–Crippen LogP) is 2.39. The van der Waals surface area contributed by atoms with Gasteiger partial charge in [-0.25, -0.2) is 0 Å². The van der Waals surface area contributed by atoms with E-state index in [0.29, 0.717) is 18.0 Å². The van der Waals surface area contributed by atoms with E-state index in [1.54, 1.807) is 0 Å². The van der Waals surface area contributed by atoms with Crippen LogP contribution in [0.25, 0.3) is 0 Å². The summed E-state index contributed by atoms with van der Waals surface area (Å²) in [5.74, 6) is 0.894. The molecule has 1 saturated carbocycles. The van der Waals surface area contributed by atoms with Crippen LogP contribution in [0.15, 0.2) is 0 Å². The third-order valence-electron chi connectivity index (χ3n) is 3.65. The van der Waals surface area contributed by atoms with Crippen molar-refractivity contribution >= 4 is 23.1 Å². The van der Waals surface area contributed by atoms with Crippen LogP contribution in [0.3, 0.4) is 0 Å². The minimum atomic E-state index is -0.293. The van der Waals surface area contributed by atoms with Crippen molar-refractivity contribution in [1.29, 1.82) is 0 Å². The van der Waals surface area contributed by atoms with E-state index in [0.717, 1.165) is 12.3 Å². The van der Waals surface area contributed by atoms with E-state index in [4.69, 9.17) is 18.0 Å². The molecule has 1 amide bonds. The van der Waals surface area contributed by atoms with E-state index in [9.17, 15) is 4.79 Å². The first kappa shape index (κ1) is 14.4. The first-order valence-corrected chi connectivity index (χ1v) is 6.89. The van der Waals surface area contributed by atoms with Gasteiger partial charge in [0.25, 0.3) is 0 Å². The Morgan fingerprint density at radius 2 is 2.00 bits per heavy atom. The maximum absolute atomic E-state index is 11.7. The Morgan fingerprint density at radius 1 is 1.41 bits per heavy atom. The van der Waals surface area contributed by atoms with Crippen LogP contribution in [-0.4, -0.2) is 17.4 Å². The van der Waals surface area contributed by atoms with Gasteiger partial charge in [-0.3, -0.25) is 4.79 Å². The Bertz CT molecular complexity index is 283. The Labute approximate surface area is 110 Å². The fourth-order valence-electron chi connectivity index (χ4n) is 2.13. The molecule has 0 unspecified atom stereocenters. The molecule has 0 aromatic carbocycles. The summed E-state index contributed by atoms with van der Waals surface area (Å²) >= 11 is 4.96. The van der Waals surface area contributed by atoms with E-state index in [2.05, 4.69) is 5.32 Å². The predicted molar refractivity (Wildman–Crippen MR) is 74.8 cm³/mol. The molecule has 17 heavy (non-hydrogen) atoms. The zero-order chi connectivity index (χ0) is 12.9. The van der Waals surface area contributed by atoms with Gasteiger partial charge in [0, 0.05) is 18.4 Å². The van der Waals surface area contributed by atoms with Gasteiger partial charge in [0.1, 0.15) is 0 Å². The molecule has 0 bridgehead atoms. The van der Waals surface area contributed by atoms with Crippen LogP contribution in [0, 0.1) is 11.3 Å². The van der Waals surface area contributed by atoms with E-state index in [-0.39, 0.29) is 11.3 Å². The molecule has 0 atom stereocenters. The molecule has 3 N–H and O–H groups in total. The number of carbonyl (C=O) groups excluding carboxylic acids is 1. The molecule has 98 valence electrons. The van der Waals surface area contributed by atoms with Crippen LogP contribution in [0.4, 0.5) is 0 Å². The van der Waals surface area contributed by atoms with Crippen molar-refractivity contribution in [2.24, 2.45) is 17.1 Å². The van der Waals surface area contributed by atoms with Gasteiger partial charge in [-0.2, -0.15) is 0 Å². The Kier molecular flexibility index (Phi) is 5.37. The van der Waals surface area contributed by atoms with Crippen molar-refractivity contribution in [2.45, 2.75) is 52.4 Å². The smallest absolute Gasteiger partial charge is 0.220 e. The van der Waals surface area contributed by atoms with Crippen molar-refractivity contribution in [1.82, 2.24) is 5.32 Å². The minimum Gasteiger partial charge on any atom is -0.393 e. The molecule has 0 radical (unpaired) electrons. The summed E-state index contributed by atoms with van der Waals surface area (Å²) in [6, 6.07) is 0. The zero-order valence-corrected chi connectivity index (χ0v) is 11.7. The molecule has 0 aromatic rings. The minimum absolute atomic E-state index is 0.126. The lowest BCUT2D eigenvalue weighted by atomic mass is 9.93. The summed E-state index contributed by atoms with van der Waals surface area (Å²) in [4.78, 5) is 12.1. The van der Waals surface area contributed by atoms with Crippen LogP contribution in [-0.2, 0) is 4.79 Å². The lowest BCUT2D eigenvalue weighted by Crippen LogP contribution is -2.41. The van der Waals surface area contributed by atoms with Crippen LogP contribution in [0.2, 0.25) is 0 Å². The standard InChI is InChI=1S/C13H24N2OS/c1-13(2,12(14)17)9-15-11(16)8-7-10-5-3-4-6-10/h10H,3-9H2,1-2H3,(H2,14,17)(H,15,16). The normalized spacial score (nSPS) is 17.1. The van der Waals surface area contributed by atoms with E-state index < -0.39 is 0 Å². The van der Waals surface area contributed by atoms with Gasteiger partial charge in [-0.1, -0.05) is 51.7 Å². The molecule has 1 aliphatic rings. The average Bonchev–Trinajstić information content (AvgIpc) is 2.76. The lowest BCUT2D eigenvalue weighted by Gasteiger charge is -2.23. The summed E-state index contributed by atoms with van der Waals surface area (Å²) < 4.78 is 0. The maximum Gasteiger partial charge on any atom is 0.220 e. The highest BCUT2D eigenvalue weighted by Gasteiger charge is 2.22. The summed E-state index contributed by atoms with van der Waals surface area (Å²) in [5, 5.41) is 2.92. The monoisotopic (exact) mass is 256 g/mol. The molecule has 1 rings (SSSR count). The summed E-state index contributed by atoms with van der Waals surface area (Å²) in [5.41, 5.74) is 5.32. The molecule has 1 aliphatic carbocycles. The van der Waals surface area contributed by atoms with Crippen molar-refractivity contribution in [3.63, 3.8) is 0 Å². The number of thiocarbonyl (C=S) groups is 1. The molecule has 4 heteroatoms. The molecule has 0 saturated heterocycles. The van der Waals surface area contributed by atoms with Crippen LogP contribution in [0.1, 0.15) is 52.4 Å². The number of nitrogens with two attached hydrogens (primary N) is 1. The third kappa shape index (κ3) is 5.02. The second-order valence-electron chi connectivity index (χ2n) is 5.71. The largest absolute Gasteiger partial charge is 0.393 e. The van der Waals surface area contributed by atoms with Gasteiger partial charge < -0.3 is 11.1 Å². The van der Waals surface area contributed by atoms with Crippen LogP contribution >= 0.6 is 12.2 Å². The fraction of sp³-hybridized carbons (Fsp3) is 0.846. The highest BCUT2D eigenvalue weighted by atomic mass is 32.1. The number of nitrogens with one attached hydrogen (secondary N) is 1. The fourth-order valence-corrected chi connectivity index (χ4v) is 2.20. The summed E-state index contributed by atoms with van der Waals surface area (Å²) in [6.07, 6.45) is 6.93. The molecular weight excluding hydrogens is 232 g/mol. The lowest BCUT2D eigenvalue weighted by molar-refractivity contribution is -0.121. The molecular formula is C13H24N2OS.